The summed E-state index contributed by atoms with van der Waals surface area (Å²) in [5.74, 6) is 0. The Balaban J connectivity index is 1.97. The van der Waals surface area contributed by atoms with Crippen molar-refractivity contribution >= 4 is 0 Å². The number of nitriles is 1. The molecule has 0 N–H and O–H groups in total. The zero-order valence-corrected chi connectivity index (χ0v) is 9.21. The summed E-state index contributed by atoms with van der Waals surface area (Å²) in [7, 11) is 0. The van der Waals surface area contributed by atoms with Crippen LogP contribution in [0.1, 0.15) is 17.2 Å². The molecular formula is C15H11NO. The molecule has 2 heteroatoms. The van der Waals surface area contributed by atoms with E-state index in [2.05, 4.69) is 6.07 Å². The van der Waals surface area contributed by atoms with Gasteiger partial charge in [-0.1, -0.05) is 60.7 Å². The number of benzene rings is 2. The van der Waals surface area contributed by atoms with E-state index in [-0.39, 0.29) is 6.10 Å². The topological polar surface area (TPSA) is 36.3 Å². The lowest BCUT2D eigenvalue weighted by atomic mass is 9.93. The Labute approximate surface area is 100 Å². The largest absolute Gasteiger partial charge is 0.340 e. The zero-order valence-electron chi connectivity index (χ0n) is 9.21. The molecule has 0 aliphatic carbocycles. The number of rotatable bonds is 2. The molecule has 0 amide bonds. The molecular weight excluding hydrogens is 210 g/mol. The summed E-state index contributed by atoms with van der Waals surface area (Å²) in [5.41, 5.74) is 1.19. The Bertz CT molecular complexity index is 558. The highest BCUT2D eigenvalue weighted by atomic mass is 16.6. The zero-order chi connectivity index (χ0) is 11.7. The fourth-order valence-corrected chi connectivity index (χ4v) is 2.14. The molecule has 0 saturated carbocycles. The molecule has 1 heterocycles. The summed E-state index contributed by atoms with van der Waals surface area (Å²) in [5, 5.41) is 9.37. The quantitative estimate of drug-likeness (QED) is 0.730. The number of hydrogen-bond acceptors (Lipinski definition) is 2. The lowest BCUT2D eigenvalue weighted by molar-refractivity contribution is 0.340. The van der Waals surface area contributed by atoms with Gasteiger partial charge in [0.15, 0.2) is 0 Å². The minimum absolute atomic E-state index is 0.143. The standard InChI is InChI=1S/C15H11NO/c16-11-15(13-9-5-2-6-10-13)14(17-15)12-7-3-1-4-8-12/h1-10,14H/t14-,15-/m1/s1. The number of nitrogens with zero attached hydrogens (tertiary/aromatic N) is 1. The van der Waals surface area contributed by atoms with Crippen molar-refractivity contribution in [3.8, 4) is 6.07 Å². The minimum atomic E-state index is -0.789. The van der Waals surface area contributed by atoms with Crippen molar-refractivity contribution in [2.75, 3.05) is 0 Å². The second kappa shape index (κ2) is 3.73. The van der Waals surface area contributed by atoms with Crippen LogP contribution in [-0.4, -0.2) is 0 Å². The molecule has 82 valence electrons. The Kier molecular flexibility index (Phi) is 2.21. The molecule has 17 heavy (non-hydrogen) atoms. The SMILES string of the molecule is N#C[C@]1(c2ccccc2)O[C@@H]1c1ccccc1. The molecule has 2 aromatic rings. The average Bonchev–Trinajstić information content (AvgIpc) is 3.17. The van der Waals surface area contributed by atoms with E-state index in [0.717, 1.165) is 11.1 Å². The maximum absolute atomic E-state index is 9.37. The van der Waals surface area contributed by atoms with Crippen LogP contribution in [0.15, 0.2) is 60.7 Å². The van der Waals surface area contributed by atoms with Crippen LogP contribution in [-0.2, 0) is 10.3 Å². The van der Waals surface area contributed by atoms with Crippen molar-refractivity contribution in [2.45, 2.75) is 11.7 Å². The second-order valence-corrected chi connectivity index (χ2v) is 4.12. The monoisotopic (exact) mass is 221 g/mol. The Morgan fingerprint density at radius 3 is 2.12 bits per heavy atom. The first-order chi connectivity index (χ1) is 8.37. The van der Waals surface area contributed by atoms with Gasteiger partial charge in [-0.3, -0.25) is 0 Å². The van der Waals surface area contributed by atoms with Crippen LogP contribution in [0.4, 0.5) is 0 Å². The number of hydrogen-bond donors (Lipinski definition) is 0. The molecule has 2 nitrogen and oxygen atoms in total. The third-order valence-corrected chi connectivity index (χ3v) is 3.09. The van der Waals surface area contributed by atoms with E-state index >= 15 is 0 Å². The molecule has 0 bridgehead atoms. The lowest BCUT2D eigenvalue weighted by Gasteiger charge is -2.03. The van der Waals surface area contributed by atoms with E-state index in [4.69, 9.17) is 4.74 Å². The van der Waals surface area contributed by atoms with Crippen LogP contribution in [0.3, 0.4) is 0 Å². The third-order valence-electron chi connectivity index (χ3n) is 3.09. The average molecular weight is 221 g/mol. The van der Waals surface area contributed by atoms with Gasteiger partial charge < -0.3 is 4.74 Å². The molecule has 1 aliphatic rings. The van der Waals surface area contributed by atoms with Gasteiger partial charge in [0, 0.05) is 5.56 Å². The molecule has 1 fully saturated rings. The van der Waals surface area contributed by atoms with Gasteiger partial charge in [-0.15, -0.1) is 0 Å². The molecule has 0 unspecified atom stereocenters. The Morgan fingerprint density at radius 2 is 1.53 bits per heavy atom. The summed E-state index contributed by atoms with van der Waals surface area (Å²) < 4.78 is 5.66. The molecule has 0 radical (unpaired) electrons. The van der Waals surface area contributed by atoms with Gasteiger partial charge in [0.25, 0.3) is 0 Å². The van der Waals surface area contributed by atoms with E-state index in [1.807, 2.05) is 60.7 Å². The van der Waals surface area contributed by atoms with Crippen molar-refractivity contribution in [3.05, 3.63) is 71.8 Å². The van der Waals surface area contributed by atoms with Crippen LogP contribution < -0.4 is 0 Å². The van der Waals surface area contributed by atoms with Gasteiger partial charge in [-0.05, 0) is 5.56 Å². The first-order valence-corrected chi connectivity index (χ1v) is 5.56. The van der Waals surface area contributed by atoms with Crippen LogP contribution >= 0.6 is 0 Å². The van der Waals surface area contributed by atoms with Crippen molar-refractivity contribution in [1.82, 2.24) is 0 Å². The maximum atomic E-state index is 9.37. The van der Waals surface area contributed by atoms with E-state index in [1.54, 1.807) is 0 Å². The summed E-state index contributed by atoms with van der Waals surface area (Å²) in [4.78, 5) is 0. The molecule has 0 spiro atoms. The van der Waals surface area contributed by atoms with E-state index in [1.165, 1.54) is 0 Å². The molecule has 3 rings (SSSR count). The highest BCUT2D eigenvalue weighted by molar-refractivity contribution is 5.41. The fraction of sp³-hybridized carbons (Fsp3) is 0.133. The van der Waals surface area contributed by atoms with Gasteiger partial charge in [0.05, 0.1) is 0 Å². The van der Waals surface area contributed by atoms with Crippen molar-refractivity contribution in [1.29, 1.82) is 5.26 Å². The Hall–Kier alpha value is -2.11. The second-order valence-electron chi connectivity index (χ2n) is 4.12. The normalized spacial score (nSPS) is 26.2. The molecule has 2 aromatic carbocycles. The van der Waals surface area contributed by atoms with Gasteiger partial charge in [-0.2, -0.15) is 5.26 Å². The molecule has 0 aromatic heterocycles. The van der Waals surface area contributed by atoms with Crippen molar-refractivity contribution < 1.29 is 4.74 Å². The predicted octanol–water partition coefficient (Wildman–Crippen LogP) is 3.18. The van der Waals surface area contributed by atoms with E-state index in [9.17, 15) is 5.26 Å². The first kappa shape index (κ1) is 10.1. The van der Waals surface area contributed by atoms with Crippen LogP contribution in [0.25, 0.3) is 0 Å². The minimum Gasteiger partial charge on any atom is -0.340 e. The van der Waals surface area contributed by atoms with Crippen LogP contribution in [0.5, 0.6) is 0 Å². The summed E-state index contributed by atoms with van der Waals surface area (Å²) in [6.07, 6.45) is -0.143. The third kappa shape index (κ3) is 1.52. The predicted molar refractivity (Wildman–Crippen MR) is 64.0 cm³/mol. The smallest absolute Gasteiger partial charge is 0.210 e. The van der Waals surface area contributed by atoms with Gasteiger partial charge in [0.1, 0.15) is 12.2 Å². The van der Waals surface area contributed by atoms with Gasteiger partial charge in [0.2, 0.25) is 5.60 Å². The molecule has 1 aliphatic heterocycles. The summed E-state index contributed by atoms with van der Waals surface area (Å²) in [6, 6.07) is 21.8. The lowest BCUT2D eigenvalue weighted by Crippen LogP contribution is -2.06. The highest BCUT2D eigenvalue weighted by Gasteiger charge is 2.59. The van der Waals surface area contributed by atoms with Crippen LogP contribution in [0.2, 0.25) is 0 Å². The van der Waals surface area contributed by atoms with Crippen molar-refractivity contribution in [2.24, 2.45) is 0 Å². The van der Waals surface area contributed by atoms with Gasteiger partial charge >= 0.3 is 0 Å². The molecule has 2 atom stereocenters. The number of epoxide rings is 1. The fourth-order valence-electron chi connectivity index (χ4n) is 2.14. The van der Waals surface area contributed by atoms with E-state index in [0.29, 0.717) is 0 Å². The Morgan fingerprint density at radius 1 is 0.941 bits per heavy atom. The maximum Gasteiger partial charge on any atom is 0.210 e. The highest BCUT2D eigenvalue weighted by Crippen LogP contribution is 2.56. The molecule has 1 saturated heterocycles. The number of ether oxygens (including phenoxy) is 1. The van der Waals surface area contributed by atoms with Gasteiger partial charge in [-0.25, -0.2) is 0 Å². The van der Waals surface area contributed by atoms with Crippen LogP contribution in [0, 0.1) is 11.3 Å². The summed E-state index contributed by atoms with van der Waals surface area (Å²) >= 11 is 0. The van der Waals surface area contributed by atoms with Crippen molar-refractivity contribution in [3.63, 3.8) is 0 Å². The first-order valence-electron chi connectivity index (χ1n) is 5.56. The summed E-state index contributed by atoms with van der Waals surface area (Å²) in [6.45, 7) is 0. The van der Waals surface area contributed by atoms with E-state index < -0.39 is 5.60 Å².